The van der Waals surface area contributed by atoms with Crippen molar-refractivity contribution in [2.75, 3.05) is 5.32 Å². The molecule has 0 saturated heterocycles. The van der Waals surface area contributed by atoms with E-state index in [1.807, 2.05) is 6.92 Å². The number of anilines is 2. The van der Waals surface area contributed by atoms with Gasteiger partial charge in [0.05, 0.1) is 16.8 Å². The Morgan fingerprint density at radius 2 is 1.97 bits per heavy atom. The second-order valence-electron chi connectivity index (χ2n) is 8.40. The van der Waals surface area contributed by atoms with E-state index in [0.29, 0.717) is 34.4 Å². The number of rotatable bonds is 6. The third-order valence-corrected chi connectivity index (χ3v) is 5.96. The minimum Gasteiger partial charge on any atom is -0.349 e. The summed E-state index contributed by atoms with van der Waals surface area (Å²) in [5, 5.41) is 6.34. The summed E-state index contributed by atoms with van der Waals surface area (Å²) in [5.41, 5.74) is 3.39. The zero-order valence-electron chi connectivity index (χ0n) is 17.4. The van der Waals surface area contributed by atoms with Gasteiger partial charge in [0.25, 0.3) is 5.91 Å². The zero-order chi connectivity index (χ0) is 21.4. The van der Waals surface area contributed by atoms with Gasteiger partial charge in [0.1, 0.15) is 11.6 Å². The van der Waals surface area contributed by atoms with Gasteiger partial charge >= 0.3 is 0 Å². The van der Waals surface area contributed by atoms with Crippen molar-refractivity contribution in [3.8, 4) is 11.4 Å². The standard InChI is InChI=1S/C24H24FN5O/c1-14-5-8-20(25)17(11-14)22-27-13-18(15-3-2-4-15)23(30-22)29-21-9-10-26-12-19(21)24(31)28-16-6-7-16/h5,8-13,15-16H,2-4,6-7H2,1H3,(H,28,31)(H,26,27,29,30). The maximum Gasteiger partial charge on any atom is 0.255 e. The molecule has 2 heterocycles. The van der Waals surface area contributed by atoms with E-state index < -0.39 is 0 Å². The van der Waals surface area contributed by atoms with Crippen molar-refractivity contribution in [2.45, 2.75) is 51.0 Å². The number of carbonyl (C=O) groups is 1. The Bertz CT molecular complexity index is 1140. The van der Waals surface area contributed by atoms with Crippen LogP contribution in [0.25, 0.3) is 11.4 Å². The molecule has 158 valence electrons. The molecule has 0 unspecified atom stereocenters. The Morgan fingerprint density at radius 3 is 2.71 bits per heavy atom. The minimum atomic E-state index is -0.360. The predicted octanol–water partition coefficient (Wildman–Crippen LogP) is 4.89. The molecule has 31 heavy (non-hydrogen) atoms. The lowest BCUT2D eigenvalue weighted by molar-refractivity contribution is 0.0951. The molecule has 7 heteroatoms. The molecule has 1 aromatic carbocycles. The summed E-state index contributed by atoms with van der Waals surface area (Å²) in [6.07, 6.45) is 10.3. The van der Waals surface area contributed by atoms with Crippen molar-refractivity contribution in [3.05, 3.63) is 65.4 Å². The fourth-order valence-electron chi connectivity index (χ4n) is 3.75. The minimum absolute atomic E-state index is 0.151. The van der Waals surface area contributed by atoms with Crippen LogP contribution in [0.15, 0.2) is 42.9 Å². The van der Waals surface area contributed by atoms with Crippen LogP contribution in [0.3, 0.4) is 0 Å². The predicted molar refractivity (Wildman–Crippen MR) is 117 cm³/mol. The fraction of sp³-hybridized carbons (Fsp3) is 0.333. The first-order valence-electron chi connectivity index (χ1n) is 10.7. The Balaban J connectivity index is 1.53. The van der Waals surface area contributed by atoms with E-state index in [4.69, 9.17) is 4.98 Å². The second-order valence-corrected chi connectivity index (χ2v) is 8.40. The summed E-state index contributed by atoms with van der Waals surface area (Å²) in [7, 11) is 0. The highest BCUT2D eigenvalue weighted by molar-refractivity contribution is 6.00. The maximum atomic E-state index is 14.5. The normalized spacial score (nSPS) is 15.9. The van der Waals surface area contributed by atoms with E-state index in [1.165, 1.54) is 12.5 Å². The van der Waals surface area contributed by atoms with Gasteiger partial charge in [0.2, 0.25) is 0 Å². The van der Waals surface area contributed by atoms with Gasteiger partial charge in [0, 0.05) is 30.2 Å². The lowest BCUT2D eigenvalue weighted by Crippen LogP contribution is -2.26. The largest absolute Gasteiger partial charge is 0.349 e. The van der Waals surface area contributed by atoms with Gasteiger partial charge < -0.3 is 10.6 Å². The Morgan fingerprint density at radius 1 is 1.13 bits per heavy atom. The van der Waals surface area contributed by atoms with Crippen LogP contribution in [-0.4, -0.2) is 26.9 Å². The van der Waals surface area contributed by atoms with Gasteiger partial charge in [-0.05, 0) is 56.7 Å². The van der Waals surface area contributed by atoms with Crippen LogP contribution in [-0.2, 0) is 0 Å². The second kappa shape index (κ2) is 8.06. The summed E-state index contributed by atoms with van der Waals surface area (Å²) < 4.78 is 14.5. The molecule has 2 aliphatic rings. The van der Waals surface area contributed by atoms with Gasteiger partial charge in [-0.15, -0.1) is 0 Å². The summed E-state index contributed by atoms with van der Waals surface area (Å²) in [6.45, 7) is 1.91. The number of aromatic nitrogens is 3. The number of hydrogen-bond donors (Lipinski definition) is 2. The number of benzene rings is 1. The van der Waals surface area contributed by atoms with Crippen LogP contribution in [0, 0.1) is 12.7 Å². The molecule has 3 aromatic rings. The number of pyridine rings is 1. The average molecular weight is 417 g/mol. The van der Waals surface area contributed by atoms with Gasteiger partial charge in [-0.3, -0.25) is 9.78 Å². The quantitative estimate of drug-likeness (QED) is 0.597. The summed E-state index contributed by atoms with van der Waals surface area (Å²) in [4.78, 5) is 26.0. The molecule has 0 radical (unpaired) electrons. The average Bonchev–Trinajstić information content (AvgIpc) is 3.54. The fourth-order valence-corrected chi connectivity index (χ4v) is 3.75. The Labute approximate surface area is 180 Å². The first-order chi connectivity index (χ1) is 15.1. The first kappa shape index (κ1) is 19.6. The molecule has 6 nitrogen and oxygen atoms in total. The topological polar surface area (TPSA) is 79.8 Å². The lowest BCUT2D eigenvalue weighted by Gasteiger charge is -2.27. The third-order valence-electron chi connectivity index (χ3n) is 5.96. The highest BCUT2D eigenvalue weighted by Gasteiger charge is 2.27. The molecule has 2 fully saturated rings. The maximum absolute atomic E-state index is 14.5. The van der Waals surface area contributed by atoms with Crippen LogP contribution in [0.2, 0.25) is 0 Å². The van der Waals surface area contributed by atoms with Crippen molar-refractivity contribution in [1.29, 1.82) is 0 Å². The molecule has 0 aliphatic heterocycles. The highest BCUT2D eigenvalue weighted by atomic mass is 19.1. The molecular weight excluding hydrogens is 393 g/mol. The number of nitrogens with one attached hydrogen (secondary N) is 2. The zero-order valence-corrected chi connectivity index (χ0v) is 17.4. The number of halogens is 1. The first-order valence-corrected chi connectivity index (χ1v) is 10.7. The molecule has 0 spiro atoms. The van der Waals surface area contributed by atoms with Crippen LogP contribution >= 0.6 is 0 Å². The molecule has 5 rings (SSSR count). The number of amides is 1. The van der Waals surface area contributed by atoms with Gasteiger partial charge in [-0.25, -0.2) is 14.4 Å². The summed E-state index contributed by atoms with van der Waals surface area (Å²) in [6, 6.07) is 6.92. The monoisotopic (exact) mass is 417 g/mol. The van der Waals surface area contributed by atoms with Crippen LogP contribution in [0.1, 0.15) is 59.5 Å². The van der Waals surface area contributed by atoms with Crippen molar-refractivity contribution in [2.24, 2.45) is 0 Å². The number of nitrogens with zero attached hydrogens (tertiary/aromatic N) is 3. The summed E-state index contributed by atoms with van der Waals surface area (Å²) >= 11 is 0. The van der Waals surface area contributed by atoms with E-state index in [-0.39, 0.29) is 17.8 Å². The molecular formula is C24H24FN5O. The van der Waals surface area contributed by atoms with E-state index in [1.54, 1.807) is 36.8 Å². The molecule has 2 N–H and O–H groups in total. The van der Waals surface area contributed by atoms with Gasteiger partial charge in [-0.1, -0.05) is 18.1 Å². The van der Waals surface area contributed by atoms with Crippen molar-refractivity contribution in [1.82, 2.24) is 20.3 Å². The Hall–Kier alpha value is -3.35. The molecule has 1 amide bonds. The van der Waals surface area contributed by atoms with E-state index in [2.05, 4.69) is 20.6 Å². The number of carbonyl (C=O) groups excluding carboxylic acids is 1. The SMILES string of the molecule is Cc1ccc(F)c(-c2ncc(C3CCC3)c(Nc3ccncc3C(=O)NC3CC3)n2)c1. The number of hydrogen-bond acceptors (Lipinski definition) is 5. The van der Waals surface area contributed by atoms with Crippen LogP contribution in [0.4, 0.5) is 15.9 Å². The van der Waals surface area contributed by atoms with E-state index in [0.717, 1.165) is 36.8 Å². The van der Waals surface area contributed by atoms with Crippen molar-refractivity contribution in [3.63, 3.8) is 0 Å². The lowest BCUT2D eigenvalue weighted by atomic mass is 9.80. The van der Waals surface area contributed by atoms with Crippen molar-refractivity contribution < 1.29 is 9.18 Å². The Kier molecular flexibility index (Phi) is 5.10. The van der Waals surface area contributed by atoms with Crippen molar-refractivity contribution >= 4 is 17.4 Å². The third kappa shape index (κ3) is 4.13. The smallest absolute Gasteiger partial charge is 0.255 e. The molecule has 0 atom stereocenters. The molecule has 2 aliphatic carbocycles. The van der Waals surface area contributed by atoms with Crippen LogP contribution < -0.4 is 10.6 Å². The molecule has 2 saturated carbocycles. The molecule has 0 bridgehead atoms. The van der Waals surface area contributed by atoms with Gasteiger partial charge in [-0.2, -0.15) is 0 Å². The number of aryl methyl sites for hydroxylation is 1. The highest BCUT2D eigenvalue weighted by Crippen LogP contribution is 2.40. The molecule has 2 aromatic heterocycles. The van der Waals surface area contributed by atoms with Crippen LogP contribution in [0.5, 0.6) is 0 Å². The summed E-state index contributed by atoms with van der Waals surface area (Å²) in [5.74, 6) is 0.792. The van der Waals surface area contributed by atoms with E-state index >= 15 is 0 Å². The van der Waals surface area contributed by atoms with E-state index in [9.17, 15) is 9.18 Å². The van der Waals surface area contributed by atoms with Gasteiger partial charge in [0.15, 0.2) is 5.82 Å².